The van der Waals surface area contributed by atoms with Gasteiger partial charge in [0.15, 0.2) is 0 Å². The fourth-order valence-electron chi connectivity index (χ4n) is 6.44. The van der Waals surface area contributed by atoms with Gasteiger partial charge in [0, 0.05) is 30.6 Å². The van der Waals surface area contributed by atoms with Crippen LogP contribution in [0, 0.1) is 17.3 Å². The van der Waals surface area contributed by atoms with Crippen molar-refractivity contribution in [3.63, 3.8) is 0 Å². The smallest absolute Gasteiger partial charge is 0.269 e. The number of rotatable bonds is 5. The van der Waals surface area contributed by atoms with Crippen LogP contribution in [0.25, 0.3) is 0 Å². The van der Waals surface area contributed by atoms with Crippen LogP contribution in [0.3, 0.4) is 0 Å². The monoisotopic (exact) mass is 493 g/mol. The highest BCUT2D eigenvalue weighted by molar-refractivity contribution is 9.10. The lowest BCUT2D eigenvalue weighted by molar-refractivity contribution is -0.163. The van der Waals surface area contributed by atoms with E-state index in [1.165, 1.54) is 38.3 Å². The highest BCUT2D eigenvalue weighted by Crippen LogP contribution is 2.51. The van der Waals surface area contributed by atoms with Gasteiger partial charge in [-0.2, -0.15) is 0 Å². The first-order chi connectivity index (χ1) is 14.8. The van der Waals surface area contributed by atoms with Crippen molar-refractivity contribution in [2.24, 2.45) is 17.3 Å². The lowest BCUT2D eigenvalue weighted by Crippen LogP contribution is -2.62. The summed E-state index contributed by atoms with van der Waals surface area (Å²) in [6, 6.07) is 0. The van der Waals surface area contributed by atoms with E-state index in [0.717, 1.165) is 32.1 Å². The number of hydrogen-bond donors (Lipinski definition) is 1. The Labute approximate surface area is 193 Å². The predicted molar refractivity (Wildman–Crippen MR) is 124 cm³/mol. The first-order valence-electron chi connectivity index (χ1n) is 12.1. The van der Waals surface area contributed by atoms with E-state index in [1.807, 2.05) is 4.90 Å². The molecular weight excluding hydrogens is 458 g/mol. The van der Waals surface area contributed by atoms with Crippen molar-refractivity contribution in [3.05, 3.63) is 27.4 Å². The van der Waals surface area contributed by atoms with Crippen LogP contribution in [-0.4, -0.2) is 44.2 Å². The first-order valence-corrected chi connectivity index (χ1v) is 12.8. The molecule has 2 heterocycles. The summed E-state index contributed by atoms with van der Waals surface area (Å²) >= 11 is 3.33. The third kappa shape index (κ3) is 4.77. The van der Waals surface area contributed by atoms with Gasteiger partial charge in [-0.15, -0.1) is 0 Å². The maximum absolute atomic E-state index is 13.4. The summed E-state index contributed by atoms with van der Waals surface area (Å²) in [4.78, 5) is 31.7. The molecule has 7 heteroatoms. The van der Waals surface area contributed by atoms with E-state index in [0.29, 0.717) is 30.0 Å². The van der Waals surface area contributed by atoms with E-state index < -0.39 is 5.60 Å². The molecule has 3 fully saturated rings. The lowest BCUT2D eigenvalue weighted by atomic mass is 9.65. The van der Waals surface area contributed by atoms with Gasteiger partial charge in [-0.05, 0) is 47.5 Å². The third-order valence-corrected chi connectivity index (χ3v) is 8.67. The molecule has 6 nitrogen and oxygen atoms in total. The Morgan fingerprint density at radius 1 is 1.23 bits per heavy atom. The van der Waals surface area contributed by atoms with Crippen molar-refractivity contribution >= 4 is 21.8 Å². The predicted octanol–water partition coefficient (Wildman–Crippen LogP) is 4.14. The number of hydrogen-bond acceptors (Lipinski definition) is 4. The summed E-state index contributed by atoms with van der Waals surface area (Å²) in [6.45, 7) is 3.52. The molecule has 3 aliphatic rings. The van der Waals surface area contributed by atoms with Gasteiger partial charge in [0.25, 0.3) is 5.56 Å². The van der Waals surface area contributed by atoms with Crippen LogP contribution < -0.4 is 5.56 Å². The number of amides is 1. The molecule has 1 aromatic heterocycles. The van der Waals surface area contributed by atoms with E-state index in [9.17, 15) is 14.7 Å². The maximum Gasteiger partial charge on any atom is 0.269 e. The van der Waals surface area contributed by atoms with E-state index >= 15 is 0 Å². The molecule has 2 atom stereocenters. The molecule has 1 aliphatic heterocycles. The van der Waals surface area contributed by atoms with Crippen LogP contribution in [0.1, 0.15) is 77.6 Å². The molecular formula is C24H36BrN3O3. The highest BCUT2D eigenvalue weighted by atomic mass is 79.9. The molecule has 2 aliphatic carbocycles. The molecule has 1 spiro atoms. The average Bonchev–Trinajstić information content (AvgIpc) is 3.23. The molecule has 0 aromatic carbocycles. The number of aromatic nitrogens is 2. The molecule has 1 amide bonds. The zero-order valence-electron chi connectivity index (χ0n) is 18.7. The van der Waals surface area contributed by atoms with E-state index in [2.05, 4.69) is 27.8 Å². The standard InChI is InChI=1S/C24H36BrN3O3/c1-18(13-19-7-3-2-4-8-19)22(30)27-12-11-24(31,23(16-27)9-5-6-10-23)17-28-15-20(25)26-14-21(28)29/h14-15,18-19,31H,2-13,16-17H2,1H3/t18-,24?/m1/s1. The Balaban J connectivity index is 1.49. The van der Waals surface area contributed by atoms with Gasteiger partial charge >= 0.3 is 0 Å². The molecule has 0 radical (unpaired) electrons. The van der Waals surface area contributed by atoms with Gasteiger partial charge in [0.1, 0.15) is 4.60 Å². The van der Waals surface area contributed by atoms with Crippen molar-refractivity contribution in [2.75, 3.05) is 13.1 Å². The zero-order chi connectivity index (χ0) is 22.1. The summed E-state index contributed by atoms with van der Waals surface area (Å²) in [5.41, 5.74) is -1.53. The largest absolute Gasteiger partial charge is 0.387 e. The second kappa shape index (κ2) is 9.34. The normalized spacial score (nSPS) is 27.5. The maximum atomic E-state index is 13.4. The molecule has 4 rings (SSSR count). The molecule has 0 bridgehead atoms. The molecule has 1 aromatic rings. The minimum atomic E-state index is -0.989. The summed E-state index contributed by atoms with van der Waals surface area (Å²) in [6.07, 6.45) is 14.9. The molecule has 31 heavy (non-hydrogen) atoms. The Bertz CT molecular complexity index is 845. The van der Waals surface area contributed by atoms with Gasteiger partial charge < -0.3 is 14.6 Å². The van der Waals surface area contributed by atoms with Crippen molar-refractivity contribution in [1.29, 1.82) is 0 Å². The second-order valence-electron chi connectivity index (χ2n) is 10.3. The molecule has 172 valence electrons. The Hall–Kier alpha value is -1.21. The van der Waals surface area contributed by atoms with Gasteiger partial charge in [0.05, 0.1) is 18.3 Å². The summed E-state index contributed by atoms with van der Waals surface area (Å²) in [5.74, 6) is 0.987. The summed E-state index contributed by atoms with van der Waals surface area (Å²) in [7, 11) is 0. The molecule has 2 saturated carbocycles. The van der Waals surface area contributed by atoms with Gasteiger partial charge in [-0.1, -0.05) is 51.9 Å². The van der Waals surface area contributed by atoms with Crippen LogP contribution in [0.2, 0.25) is 0 Å². The second-order valence-corrected chi connectivity index (χ2v) is 11.2. The van der Waals surface area contributed by atoms with Crippen LogP contribution in [0.5, 0.6) is 0 Å². The quantitative estimate of drug-likeness (QED) is 0.668. The Morgan fingerprint density at radius 2 is 1.94 bits per heavy atom. The van der Waals surface area contributed by atoms with Crippen LogP contribution >= 0.6 is 15.9 Å². The Kier molecular flexibility index (Phi) is 6.92. The minimum absolute atomic E-state index is 0.0477. The van der Waals surface area contributed by atoms with E-state index in [-0.39, 0.29) is 29.3 Å². The number of piperidine rings is 1. The Morgan fingerprint density at radius 3 is 2.65 bits per heavy atom. The molecule has 1 saturated heterocycles. The average molecular weight is 494 g/mol. The number of likely N-dealkylation sites (tertiary alicyclic amines) is 1. The number of aliphatic hydroxyl groups is 1. The van der Waals surface area contributed by atoms with Crippen LogP contribution in [0.4, 0.5) is 0 Å². The topological polar surface area (TPSA) is 75.4 Å². The summed E-state index contributed by atoms with van der Waals surface area (Å²) in [5, 5.41) is 11.9. The molecule has 1 unspecified atom stereocenters. The highest BCUT2D eigenvalue weighted by Gasteiger charge is 2.55. The van der Waals surface area contributed by atoms with Gasteiger partial charge in [0.2, 0.25) is 5.91 Å². The van der Waals surface area contributed by atoms with Gasteiger partial charge in [-0.3, -0.25) is 9.59 Å². The van der Waals surface area contributed by atoms with Crippen LogP contribution in [0.15, 0.2) is 21.8 Å². The van der Waals surface area contributed by atoms with Crippen molar-refractivity contribution in [3.8, 4) is 0 Å². The third-order valence-electron chi connectivity index (χ3n) is 8.26. The van der Waals surface area contributed by atoms with E-state index in [1.54, 1.807) is 10.8 Å². The zero-order valence-corrected chi connectivity index (χ0v) is 20.3. The van der Waals surface area contributed by atoms with Gasteiger partial charge in [-0.25, -0.2) is 4.98 Å². The SMILES string of the molecule is C[C@H](CC1CCCCC1)C(=O)N1CCC(O)(Cn2cc(Br)ncc2=O)C2(CCCC2)C1. The molecule has 1 N–H and O–H groups in total. The van der Waals surface area contributed by atoms with Crippen LogP contribution in [-0.2, 0) is 11.3 Å². The van der Waals surface area contributed by atoms with Crippen molar-refractivity contribution in [1.82, 2.24) is 14.5 Å². The number of carbonyl (C=O) groups is 1. The van der Waals surface area contributed by atoms with Crippen molar-refractivity contribution in [2.45, 2.75) is 89.7 Å². The van der Waals surface area contributed by atoms with Crippen molar-refractivity contribution < 1.29 is 9.90 Å². The fourth-order valence-corrected chi connectivity index (χ4v) is 6.79. The fraction of sp³-hybridized carbons (Fsp3) is 0.792. The number of halogens is 1. The minimum Gasteiger partial charge on any atom is -0.387 e. The number of carbonyl (C=O) groups excluding carboxylic acids is 1. The summed E-state index contributed by atoms with van der Waals surface area (Å²) < 4.78 is 2.15. The lowest BCUT2D eigenvalue weighted by Gasteiger charge is -2.52. The van der Waals surface area contributed by atoms with E-state index in [4.69, 9.17) is 0 Å². The number of nitrogens with zero attached hydrogens (tertiary/aromatic N) is 3. The first kappa shape index (κ1) is 23.0.